The van der Waals surface area contributed by atoms with Crippen molar-refractivity contribution < 1.29 is 27.9 Å². The van der Waals surface area contributed by atoms with Crippen LogP contribution >= 0.6 is 13.5 Å². The molecule has 1 fully saturated rings. The first-order chi connectivity index (χ1) is 21.6. The lowest BCUT2D eigenvalue weighted by Gasteiger charge is -2.26. The number of likely N-dealkylation sites (tertiary alicyclic amines) is 1. The van der Waals surface area contributed by atoms with E-state index < -0.39 is 53.7 Å². The van der Waals surface area contributed by atoms with E-state index in [0.29, 0.717) is 49.2 Å². The quantitative estimate of drug-likeness (QED) is 0.225. The van der Waals surface area contributed by atoms with Gasteiger partial charge < -0.3 is 19.9 Å². The second-order valence-corrected chi connectivity index (χ2v) is 13.1. The molecule has 1 unspecified atom stereocenters. The Morgan fingerprint density at radius 1 is 1.02 bits per heavy atom. The first-order valence-corrected chi connectivity index (χ1v) is 15.8. The first kappa shape index (κ1) is 37.9. The van der Waals surface area contributed by atoms with Gasteiger partial charge in [-0.3, -0.25) is 14.4 Å². The van der Waals surface area contributed by atoms with Crippen LogP contribution in [0, 0.1) is 45.2 Å². The number of aryl methyl sites for hydroxylation is 4. The lowest BCUT2D eigenvalue weighted by Crippen LogP contribution is -2.41. The van der Waals surface area contributed by atoms with E-state index in [1.54, 1.807) is 19.1 Å². The van der Waals surface area contributed by atoms with E-state index in [9.17, 15) is 28.3 Å². The van der Waals surface area contributed by atoms with Gasteiger partial charge in [-0.2, -0.15) is 13.5 Å². The van der Waals surface area contributed by atoms with Gasteiger partial charge in [0.2, 0.25) is 5.91 Å². The Labute approximate surface area is 281 Å². The number of halogens is 3. The molecule has 1 amide bonds. The predicted molar refractivity (Wildman–Crippen MR) is 183 cm³/mol. The number of carboxylic acids is 1. The molecule has 47 heavy (non-hydrogen) atoms. The van der Waals surface area contributed by atoms with E-state index >= 15 is 4.39 Å². The van der Waals surface area contributed by atoms with Crippen molar-refractivity contribution in [3.05, 3.63) is 91.9 Å². The van der Waals surface area contributed by atoms with Crippen LogP contribution in [-0.4, -0.2) is 52.3 Å². The summed E-state index contributed by atoms with van der Waals surface area (Å²) in [6, 6.07) is 5.99. The second kappa shape index (κ2) is 16.0. The number of rotatable bonds is 12. The Morgan fingerprint density at radius 3 is 2.26 bits per heavy atom. The van der Waals surface area contributed by atoms with Gasteiger partial charge in [-0.05, 0) is 104 Å². The summed E-state index contributed by atoms with van der Waals surface area (Å²) in [6.45, 7) is 12.5. The molecule has 1 aliphatic heterocycles. The number of amides is 1. The molecule has 4 rings (SSSR count). The maximum absolute atomic E-state index is 15.8. The molecule has 2 N–H and O–H groups in total. The fourth-order valence-corrected chi connectivity index (χ4v) is 6.57. The van der Waals surface area contributed by atoms with E-state index in [1.165, 1.54) is 6.20 Å². The number of carboxylic acid groups (broad SMARTS) is 1. The van der Waals surface area contributed by atoms with Crippen LogP contribution in [0.2, 0.25) is 0 Å². The summed E-state index contributed by atoms with van der Waals surface area (Å²) in [6.07, 6.45) is 0.865. The van der Waals surface area contributed by atoms with Gasteiger partial charge >= 0.3 is 5.97 Å². The molecule has 11 heteroatoms. The van der Waals surface area contributed by atoms with Crippen molar-refractivity contribution in [2.75, 3.05) is 19.6 Å². The van der Waals surface area contributed by atoms with E-state index in [2.05, 4.69) is 5.32 Å². The molecule has 3 aromatic rings. The van der Waals surface area contributed by atoms with Gasteiger partial charge in [0.1, 0.15) is 18.0 Å². The average Bonchev–Trinajstić information content (AvgIpc) is 3.37. The van der Waals surface area contributed by atoms with Crippen LogP contribution in [0.1, 0.15) is 78.6 Å². The number of carbonyl (C=O) groups excluding carboxylic acids is 1. The number of aliphatic carboxylic acids is 1. The summed E-state index contributed by atoms with van der Waals surface area (Å²) in [7, 11) is 0. The summed E-state index contributed by atoms with van der Waals surface area (Å²) in [5.41, 5.74) is 4.39. The fraction of sp³-hybridized carbons (Fsp3) is 0.472. The molecule has 2 heterocycles. The zero-order chi connectivity index (χ0) is 33.9. The smallest absolute Gasteiger partial charge is 0.305 e. The third-order valence-electron chi connectivity index (χ3n) is 8.64. The van der Waals surface area contributed by atoms with Gasteiger partial charge in [-0.1, -0.05) is 31.5 Å². The van der Waals surface area contributed by atoms with Crippen molar-refractivity contribution in [1.82, 2.24) is 14.8 Å². The number of benzene rings is 2. The van der Waals surface area contributed by atoms with Crippen LogP contribution in [-0.2, 0) is 16.0 Å². The van der Waals surface area contributed by atoms with E-state index in [-0.39, 0.29) is 31.4 Å². The SMILES string of the molecule is Cc1cc(C)c(-c2cc(C)c(F)c([C@H](CC(=O)O)NC(=O)C(CC(C)C)n3cc(CCN4CC[C@@H](F)C4)cc(F)c3=O)c2)c(C)c1.S. The van der Waals surface area contributed by atoms with Gasteiger partial charge in [0, 0.05) is 31.4 Å². The summed E-state index contributed by atoms with van der Waals surface area (Å²) in [5.74, 6) is -3.74. The molecule has 0 spiro atoms. The lowest BCUT2D eigenvalue weighted by molar-refractivity contribution is -0.138. The molecule has 0 aliphatic carbocycles. The molecule has 0 radical (unpaired) electrons. The van der Waals surface area contributed by atoms with Crippen LogP contribution in [0.5, 0.6) is 0 Å². The zero-order valence-corrected chi connectivity index (χ0v) is 28.9. The van der Waals surface area contributed by atoms with E-state index in [1.807, 2.05) is 51.7 Å². The number of nitrogens with one attached hydrogen (secondary N) is 1. The maximum atomic E-state index is 15.8. The van der Waals surface area contributed by atoms with Gasteiger partial charge in [-0.15, -0.1) is 0 Å². The standard InChI is InChI=1S/C36H44F3N3O4.H2S/c1-20(2)11-31(42-18-25(15-29(38)36(42)46)7-9-41-10-8-27(37)19-41)35(45)40-30(17-32(43)44)28-16-26(14-24(6)34(28)39)33-22(4)12-21(3)13-23(33)5;/h12-16,18,20,27,30-31H,7-11,17,19H2,1-6H3,(H,40,45)(H,43,44);1H2/t27-,30+,31?;/m1./s1. The average molecular weight is 674 g/mol. The summed E-state index contributed by atoms with van der Waals surface area (Å²) in [4.78, 5) is 41.0. The third-order valence-corrected chi connectivity index (χ3v) is 8.64. The number of carbonyl (C=O) groups is 2. The summed E-state index contributed by atoms with van der Waals surface area (Å²) in [5, 5.41) is 12.5. The molecule has 1 aliphatic rings. The zero-order valence-electron chi connectivity index (χ0n) is 27.9. The minimum Gasteiger partial charge on any atom is -0.481 e. The monoisotopic (exact) mass is 673 g/mol. The Morgan fingerprint density at radius 2 is 1.68 bits per heavy atom. The lowest BCUT2D eigenvalue weighted by atomic mass is 9.89. The number of hydrogen-bond donors (Lipinski definition) is 2. The van der Waals surface area contributed by atoms with Crippen molar-refractivity contribution in [2.24, 2.45) is 5.92 Å². The Balaban J connectivity index is 0.00000600. The van der Waals surface area contributed by atoms with Crippen molar-refractivity contribution in [1.29, 1.82) is 0 Å². The van der Waals surface area contributed by atoms with Gasteiger partial charge in [0.15, 0.2) is 5.82 Å². The highest BCUT2D eigenvalue weighted by molar-refractivity contribution is 7.59. The highest BCUT2D eigenvalue weighted by Gasteiger charge is 2.30. The summed E-state index contributed by atoms with van der Waals surface area (Å²) < 4.78 is 45.5. The van der Waals surface area contributed by atoms with Crippen LogP contribution in [0.3, 0.4) is 0 Å². The fourth-order valence-electron chi connectivity index (χ4n) is 6.57. The van der Waals surface area contributed by atoms with Crippen LogP contribution in [0.4, 0.5) is 13.2 Å². The first-order valence-electron chi connectivity index (χ1n) is 15.8. The molecule has 7 nitrogen and oxygen atoms in total. The maximum Gasteiger partial charge on any atom is 0.305 e. The topological polar surface area (TPSA) is 91.6 Å². The van der Waals surface area contributed by atoms with E-state index in [4.69, 9.17) is 0 Å². The molecule has 3 atom stereocenters. The van der Waals surface area contributed by atoms with Gasteiger partial charge in [0.05, 0.1) is 12.5 Å². The van der Waals surface area contributed by atoms with Crippen molar-refractivity contribution in [3.8, 4) is 11.1 Å². The molecule has 2 aromatic carbocycles. The van der Waals surface area contributed by atoms with Crippen LogP contribution in [0.15, 0.2) is 41.3 Å². The highest BCUT2D eigenvalue weighted by Crippen LogP contribution is 2.34. The number of nitrogens with zero attached hydrogens (tertiary/aromatic N) is 2. The highest BCUT2D eigenvalue weighted by atomic mass is 32.1. The Bertz CT molecular complexity index is 1650. The molecule has 0 saturated carbocycles. The Kier molecular flexibility index (Phi) is 12.9. The van der Waals surface area contributed by atoms with Gasteiger partial charge in [0.25, 0.3) is 5.56 Å². The van der Waals surface area contributed by atoms with Crippen LogP contribution < -0.4 is 10.9 Å². The third kappa shape index (κ3) is 9.28. The Hall–Kier alpha value is -3.57. The number of hydrogen-bond acceptors (Lipinski definition) is 4. The molecule has 1 saturated heterocycles. The second-order valence-electron chi connectivity index (χ2n) is 13.1. The largest absolute Gasteiger partial charge is 0.481 e. The van der Waals surface area contributed by atoms with Crippen molar-refractivity contribution >= 4 is 25.4 Å². The normalized spacial score (nSPS) is 16.2. The minimum absolute atomic E-state index is 0. The van der Waals surface area contributed by atoms with Crippen molar-refractivity contribution in [2.45, 2.75) is 85.5 Å². The molecule has 256 valence electrons. The molecular weight excluding hydrogens is 627 g/mol. The molecular formula is C36H46F3N3O4S. The number of aromatic nitrogens is 1. The molecule has 0 bridgehead atoms. The summed E-state index contributed by atoms with van der Waals surface area (Å²) >= 11 is 0. The predicted octanol–water partition coefficient (Wildman–Crippen LogP) is 6.65. The molecule has 1 aromatic heterocycles. The van der Waals surface area contributed by atoms with Crippen molar-refractivity contribution in [3.63, 3.8) is 0 Å². The van der Waals surface area contributed by atoms with E-state index in [0.717, 1.165) is 32.9 Å². The van der Waals surface area contributed by atoms with Gasteiger partial charge in [-0.25, -0.2) is 13.2 Å². The number of pyridine rings is 1. The number of alkyl halides is 1. The van der Waals surface area contributed by atoms with Crippen LogP contribution in [0.25, 0.3) is 11.1 Å². The minimum atomic E-state index is -1.27.